The van der Waals surface area contributed by atoms with Crippen molar-refractivity contribution in [2.45, 2.75) is 6.92 Å². The Kier molecular flexibility index (Phi) is 4.20. The quantitative estimate of drug-likeness (QED) is 0.882. The molecule has 20 heavy (non-hydrogen) atoms. The second-order valence-corrected chi connectivity index (χ2v) is 4.29. The number of pyridine rings is 1. The highest BCUT2D eigenvalue weighted by atomic mass is 35.5. The van der Waals surface area contributed by atoms with Gasteiger partial charge in [-0.25, -0.2) is 4.39 Å². The molecular formula is C14H11ClFNO3. The van der Waals surface area contributed by atoms with Crippen molar-refractivity contribution in [3.05, 3.63) is 52.2 Å². The van der Waals surface area contributed by atoms with Crippen LogP contribution in [0.15, 0.2) is 35.3 Å². The minimum atomic E-state index is -0.904. The van der Waals surface area contributed by atoms with Crippen molar-refractivity contribution in [3.8, 4) is 16.9 Å². The third kappa shape index (κ3) is 2.72. The number of carbonyl (C=O) groups excluding carboxylic acids is 1. The second kappa shape index (κ2) is 5.88. The number of hydrogen-bond donors (Lipinski definition) is 1. The van der Waals surface area contributed by atoms with Crippen LogP contribution in [0.1, 0.15) is 17.3 Å². The summed E-state index contributed by atoms with van der Waals surface area (Å²) in [6.45, 7) is 1.98. The molecule has 0 aliphatic carbocycles. The molecule has 0 unspecified atom stereocenters. The molecule has 2 rings (SSSR count). The van der Waals surface area contributed by atoms with Crippen LogP contribution in [0.2, 0.25) is 0 Å². The van der Waals surface area contributed by atoms with E-state index in [0.29, 0.717) is 11.1 Å². The highest BCUT2D eigenvalue weighted by Crippen LogP contribution is 2.31. The lowest BCUT2D eigenvalue weighted by molar-refractivity contribution is 0.107. The van der Waals surface area contributed by atoms with Crippen molar-refractivity contribution in [2.75, 3.05) is 6.61 Å². The fourth-order valence-electron chi connectivity index (χ4n) is 1.83. The van der Waals surface area contributed by atoms with Gasteiger partial charge in [-0.1, -0.05) is 12.1 Å². The molecular weight excluding hydrogens is 285 g/mol. The van der Waals surface area contributed by atoms with Crippen LogP contribution in [-0.4, -0.2) is 16.8 Å². The summed E-state index contributed by atoms with van der Waals surface area (Å²) in [4.78, 5) is 25.5. The summed E-state index contributed by atoms with van der Waals surface area (Å²) in [6.07, 6.45) is 1.41. The molecule has 1 aromatic carbocycles. The number of aromatic nitrogens is 1. The number of nitrogens with one attached hydrogen (secondary N) is 1. The van der Waals surface area contributed by atoms with Crippen molar-refractivity contribution in [3.63, 3.8) is 0 Å². The summed E-state index contributed by atoms with van der Waals surface area (Å²) in [5.41, 5.74) is 0.190. The third-order valence-corrected chi connectivity index (χ3v) is 2.88. The van der Waals surface area contributed by atoms with E-state index in [1.165, 1.54) is 30.5 Å². The molecule has 6 heteroatoms. The molecule has 0 saturated carbocycles. The Morgan fingerprint density at radius 3 is 2.55 bits per heavy atom. The number of halogens is 2. The lowest BCUT2D eigenvalue weighted by Crippen LogP contribution is -2.17. The maximum Gasteiger partial charge on any atom is 0.264 e. The highest BCUT2D eigenvalue weighted by molar-refractivity contribution is 6.68. The van der Waals surface area contributed by atoms with Crippen LogP contribution in [-0.2, 0) is 0 Å². The van der Waals surface area contributed by atoms with Gasteiger partial charge < -0.3 is 9.72 Å². The van der Waals surface area contributed by atoms with Gasteiger partial charge in [-0.15, -0.1) is 0 Å². The van der Waals surface area contributed by atoms with Gasteiger partial charge in [0.15, 0.2) is 0 Å². The number of benzene rings is 1. The Morgan fingerprint density at radius 1 is 1.35 bits per heavy atom. The fraction of sp³-hybridized carbons (Fsp3) is 0.143. The van der Waals surface area contributed by atoms with Crippen LogP contribution in [0, 0.1) is 5.82 Å². The number of carbonyl (C=O) groups is 1. The minimum Gasteiger partial charge on any atom is -0.492 e. The average Bonchev–Trinajstić information content (AvgIpc) is 2.40. The van der Waals surface area contributed by atoms with E-state index in [0.717, 1.165) is 0 Å². The molecule has 1 aromatic heterocycles. The van der Waals surface area contributed by atoms with E-state index < -0.39 is 10.8 Å². The first kappa shape index (κ1) is 14.3. The fourth-order valence-corrected chi connectivity index (χ4v) is 2.00. The van der Waals surface area contributed by atoms with Crippen LogP contribution in [0.4, 0.5) is 4.39 Å². The smallest absolute Gasteiger partial charge is 0.264 e. The summed E-state index contributed by atoms with van der Waals surface area (Å²) >= 11 is 5.44. The SMILES string of the molecule is CCOc1c(-c2ccc(F)cc2)c[nH]c(=O)c1C(=O)Cl. The summed E-state index contributed by atoms with van der Waals surface area (Å²) in [6, 6.07) is 5.60. The topological polar surface area (TPSA) is 59.2 Å². The molecule has 4 nitrogen and oxygen atoms in total. The van der Waals surface area contributed by atoms with Gasteiger partial charge in [0.25, 0.3) is 10.8 Å². The molecule has 0 aliphatic rings. The molecule has 104 valence electrons. The summed E-state index contributed by atoms with van der Waals surface area (Å²) in [5, 5.41) is -0.904. The number of rotatable bonds is 4. The van der Waals surface area contributed by atoms with E-state index in [1.807, 2.05) is 0 Å². The van der Waals surface area contributed by atoms with Crippen molar-refractivity contribution >= 4 is 16.8 Å². The molecule has 0 bridgehead atoms. The van der Waals surface area contributed by atoms with Crippen molar-refractivity contribution in [1.29, 1.82) is 0 Å². The Morgan fingerprint density at radius 2 is 2.00 bits per heavy atom. The molecule has 0 saturated heterocycles. The predicted molar refractivity (Wildman–Crippen MR) is 73.8 cm³/mol. The zero-order valence-electron chi connectivity index (χ0n) is 10.6. The van der Waals surface area contributed by atoms with Crippen molar-refractivity contribution in [2.24, 2.45) is 0 Å². The second-order valence-electron chi connectivity index (χ2n) is 3.95. The lowest BCUT2D eigenvalue weighted by Gasteiger charge is -2.12. The predicted octanol–water partition coefficient (Wildman–Crippen LogP) is 2.96. The molecule has 1 heterocycles. The van der Waals surface area contributed by atoms with Crippen LogP contribution in [0.25, 0.3) is 11.1 Å². The highest BCUT2D eigenvalue weighted by Gasteiger charge is 2.20. The first-order valence-electron chi connectivity index (χ1n) is 5.88. The van der Waals surface area contributed by atoms with Crippen molar-refractivity contribution < 1.29 is 13.9 Å². The van der Waals surface area contributed by atoms with Crippen LogP contribution < -0.4 is 10.3 Å². The maximum atomic E-state index is 13.0. The van der Waals surface area contributed by atoms with Gasteiger partial charge >= 0.3 is 0 Å². The summed E-state index contributed by atoms with van der Waals surface area (Å²) in [5.74, 6) is -0.285. The third-order valence-electron chi connectivity index (χ3n) is 2.69. The average molecular weight is 296 g/mol. The van der Waals surface area contributed by atoms with Gasteiger partial charge in [-0.3, -0.25) is 9.59 Å². The molecule has 0 atom stereocenters. The van der Waals surface area contributed by atoms with Gasteiger partial charge in [0.2, 0.25) is 0 Å². The Balaban J connectivity index is 2.69. The first-order chi connectivity index (χ1) is 9.54. The molecule has 1 N–H and O–H groups in total. The van der Waals surface area contributed by atoms with E-state index in [9.17, 15) is 14.0 Å². The Labute approximate surface area is 119 Å². The molecule has 0 fully saturated rings. The van der Waals surface area contributed by atoms with E-state index in [2.05, 4.69) is 4.98 Å². The number of hydrogen-bond acceptors (Lipinski definition) is 3. The number of ether oxygens (including phenoxy) is 1. The van der Waals surface area contributed by atoms with E-state index >= 15 is 0 Å². The van der Waals surface area contributed by atoms with Crippen LogP contribution >= 0.6 is 11.6 Å². The summed E-state index contributed by atoms with van der Waals surface area (Å²) < 4.78 is 18.3. The Bertz CT molecular complexity index is 695. The molecule has 0 radical (unpaired) electrons. The minimum absolute atomic E-state index is 0.0999. The maximum absolute atomic E-state index is 13.0. The molecule has 0 aliphatic heterocycles. The zero-order valence-corrected chi connectivity index (χ0v) is 11.3. The van der Waals surface area contributed by atoms with Gasteiger partial charge in [-0.2, -0.15) is 0 Å². The lowest BCUT2D eigenvalue weighted by atomic mass is 10.0. The van der Waals surface area contributed by atoms with Gasteiger partial charge in [0, 0.05) is 11.8 Å². The van der Waals surface area contributed by atoms with E-state index in [1.54, 1.807) is 6.92 Å². The van der Waals surface area contributed by atoms with Gasteiger partial charge in [0.1, 0.15) is 17.1 Å². The molecule has 0 spiro atoms. The van der Waals surface area contributed by atoms with Crippen LogP contribution in [0.5, 0.6) is 5.75 Å². The van der Waals surface area contributed by atoms with Crippen molar-refractivity contribution in [1.82, 2.24) is 4.98 Å². The molecule has 0 amide bonds. The zero-order chi connectivity index (χ0) is 14.7. The van der Waals surface area contributed by atoms with Crippen LogP contribution in [0.3, 0.4) is 0 Å². The van der Waals surface area contributed by atoms with E-state index in [-0.39, 0.29) is 23.7 Å². The summed E-state index contributed by atoms with van der Waals surface area (Å²) in [7, 11) is 0. The van der Waals surface area contributed by atoms with Gasteiger partial charge in [0.05, 0.1) is 6.61 Å². The molecule has 2 aromatic rings. The number of aromatic amines is 1. The monoisotopic (exact) mass is 295 g/mol. The first-order valence-corrected chi connectivity index (χ1v) is 6.26. The van der Waals surface area contributed by atoms with Gasteiger partial charge in [-0.05, 0) is 36.2 Å². The normalized spacial score (nSPS) is 10.3. The number of H-pyrrole nitrogens is 1. The Hall–Kier alpha value is -2.14. The standard InChI is InChI=1S/C14H11ClFNO3/c1-2-20-12-10(8-3-5-9(16)6-4-8)7-17-14(19)11(12)13(15)18/h3-7H,2H2,1H3,(H,17,19). The van der Waals surface area contributed by atoms with E-state index in [4.69, 9.17) is 16.3 Å². The largest absolute Gasteiger partial charge is 0.492 e.